The van der Waals surface area contributed by atoms with Crippen LogP contribution in [0.3, 0.4) is 0 Å². The summed E-state index contributed by atoms with van der Waals surface area (Å²) in [5.74, 6) is 1.53. The average Bonchev–Trinajstić information content (AvgIpc) is 2.42. The van der Waals surface area contributed by atoms with Crippen LogP contribution < -0.4 is 0 Å². The van der Waals surface area contributed by atoms with Crippen LogP contribution in [0.25, 0.3) is 5.57 Å². The van der Waals surface area contributed by atoms with Crippen molar-refractivity contribution in [1.82, 2.24) is 0 Å². The van der Waals surface area contributed by atoms with Gasteiger partial charge in [0.05, 0.1) is 0 Å². The largest absolute Gasteiger partial charge is 0.0949 e. The predicted octanol–water partition coefficient (Wildman–Crippen LogP) is 4.68. The number of hydrogen-bond donors (Lipinski definition) is 0. The second-order valence-electron chi connectivity index (χ2n) is 5.84. The van der Waals surface area contributed by atoms with Gasteiger partial charge in [-0.15, -0.1) is 0 Å². The lowest BCUT2D eigenvalue weighted by Gasteiger charge is -2.51. The maximum Gasteiger partial charge on any atom is 0.0181 e. The standard InChI is InChI=1S/C15H17Br/c1-9-13-8-12(16)5-4-10(13)6-11-7-14(9)15(11,2)3/h4-5,8,11,14H,1,6-7H2,2-3H3. The zero-order valence-corrected chi connectivity index (χ0v) is 11.5. The zero-order chi connectivity index (χ0) is 11.5. The molecule has 3 aliphatic rings. The van der Waals surface area contributed by atoms with Gasteiger partial charge in [0.1, 0.15) is 0 Å². The Morgan fingerprint density at radius 3 is 2.81 bits per heavy atom. The van der Waals surface area contributed by atoms with E-state index in [1.54, 1.807) is 0 Å². The quantitative estimate of drug-likeness (QED) is 0.646. The van der Waals surface area contributed by atoms with Crippen LogP contribution >= 0.6 is 15.9 Å². The molecule has 0 heterocycles. The molecule has 0 aliphatic heterocycles. The van der Waals surface area contributed by atoms with Crippen LogP contribution in [0.15, 0.2) is 29.3 Å². The molecular weight excluding hydrogens is 260 g/mol. The number of rotatable bonds is 0. The molecule has 16 heavy (non-hydrogen) atoms. The summed E-state index contributed by atoms with van der Waals surface area (Å²) in [6.45, 7) is 9.15. The summed E-state index contributed by atoms with van der Waals surface area (Å²) in [6.07, 6.45) is 2.56. The maximum absolute atomic E-state index is 4.35. The van der Waals surface area contributed by atoms with Crippen molar-refractivity contribution in [3.63, 3.8) is 0 Å². The fourth-order valence-corrected chi connectivity index (χ4v) is 3.79. The fraction of sp³-hybridized carbons (Fsp3) is 0.467. The molecule has 1 saturated carbocycles. The summed E-state index contributed by atoms with van der Waals surface area (Å²) >= 11 is 3.56. The summed E-state index contributed by atoms with van der Waals surface area (Å²) in [6, 6.07) is 6.66. The lowest BCUT2D eigenvalue weighted by molar-refractivity contribution is 0.0229. The molecule has 2 bridgehead atoms. The molecule has 2 atom stereocenters. The molecule has 1 heteroatoms. The average molecular weight is 277 g/mol. The van der Waals surface area contributed by atoms with Gasteiger partial charge in [-0.3, -0.25) is 0 Å². The summed E-state index contributed by atoms with van der Waals surface area (Å²) in [5, 5.41) is 0. The molecule has 1 aromatic rings. The van der Waals surface area contributed by atoms with Crippen molar-refractivity contribution >= 4 is 21.5 Å². The monoisotopic (exact) mass is 276 g/mol. The van der Waals surface area contributed by atoms with Gasteiger partial charge in [0, 0.05) is 4.47 Å². The number of halogens is 1. The maximum atomic E-state index is 4.35. The smallest absolute Gasteiger partial charge is 0.0181 e. The van der Waals surface area contributed by atoms with Crippen molar-refractivity contribution in [3.05, 3.63) is 40.4 Å². The van der Waals surface area contributed by atoms with Crippen LogP contribution in [0, 0.1) is 17.3 Å². The van der Waals surface area contributed by atoms with Gasteiger partial charge in [0.2, 0.25) is 0 Å². The highest BCUT2D eigenvalue weighted by atomic mass is 79.9. The van der Waals surface area contributed by atoms with Gasteiger partial charge in [-0.1, -0.05) is 42.4 Å². The van der Waals surface area contributed by atoms with Crippen LogP contribution in [0.4, 0.5) is 0 Å². The molecule has 1 aromatic carbocycles. The number of hydrogen-bond acceptors (Lipinski definition) is 0. The van der Waals surface area contributed by atoms with Crippen molar-refractivity contribution in [3.8, 4) is 0 Å². The van der Waals surface area contributed by atoms with Gasteiger partial charge in [-0.05, 0) is 58.9 Å². The Morgan fingerprint density at radius 1 is 1.38 bits per heavy atom. The zero-order valence-electron chi connectivity index (χ0n) is 9.89. The van der Waals surface area contributed by atoms with E-state index in [1.807, 2.05) is 0 Å². The van der Waals surface area contributed by atoms with Crippen LogP contribution in [0.5, 0.6) is 0 Å². The van der Waals surface area contributed by atoms with E-state index >= 15 is 0 Å². The lowest BCUT2D eigenvalue weighted by atomic mass is 9.53. The topological polar surface area (TPSA) is 0 Å². The van der Waals surface area contributed by atoms with Crippen LogP contribution in [0.1, 0.15) is 31.4 Å². The Balaban J connectivity index is 2.13. The molecule has 0 nitrogen and oxygen atoms in total. The first-order chi connectivity index (χ1) is 7.50. The van der Waals surface area contributed by atoms with Crippen LogP contribution in [-0.2, 0) is 6.42 Å². The summed E-state index contributed by atoms with van der Waals surface area (Å²) in [5.41, 5.74) is 4.69. The van der Waals surface area contributed by atoms with Crippen LogP contribution in [0.2, 0.25) is 0 Å². The Bertz CT molecular complexity index is 470. The molecule has 3 aliphatic carbocycles. The van der Waals surface area contributed by atoms with E-state index in [9.17, 15) is 0 Å². The molecule has 1 fully saturated rings. The summed E-state index contributed by atoms with van der Waals surface area (Å²) < 4.78 is 1.17. The highest BCUT2D eigenvalue weighted by molar-refractivity contribution is 9.10. The first kappa shape index (κ1) is 10.6. The minimum Gasteiger partial charge on any atom is -0.0949 e. The SMILES string of the molecule is C=C1c2cc(Br)ccc2CC2CC1C2(C)C. The minimum absolute atomic E-state index is 0.447. The third-order valence-corrected chi connectivity index (χ3v) is 5.27. The molecule has 0 saturated heterocycles. The van der Waals surface area contributed by atoms with Crippen molar-refractivity contribution < 1.29 is 0 Å². The Hall–Kier alpha value is -0.560. The van der Waals surface area contributed by atoms with Crippen LogP contribution in [-0.4, -0.2) is 0 Å². The number of allylic oxidation sites excluding steroid dienone is 1. The Labute approximate surface area is 106 Å². The van der Waals surface area contributed by atoms with Crippen molar-refractivity contribution in [2.45, 2.75) is 26.7 Å². The van der Waals surface area contributed by atoms with Gasteiger partial charge < -0.3 is 0 Å². The van der Waals surface area contributed by atoms with Crippen molar-refractivity contribution in [2.75, 3.05) is 0 Å². The third kappa shape index (κ3) is 1.27. The number of benzene rings is 1. The van der Waals surface area contributed by atoms with E-state index in [0.717, 1.165) is 5.92 Å². The third-order valence-electron chi connectivity index (χ3n) is 4.78. The molecular formula is C15H17Br. The minimum atomic E-state index is 0.447. The van der Waals surface area contributed by atoms with Gasteiger partial charge in [0.15, 0.2) is 0 Å². The molecule has 2 unspecified atom stereocenters. The first-order valence-electron chi connectivity index (χ1n) is 5.97. The lowest BCUT2D eigenvalue weighted by Crippen LogP contribution is -2.44. The normalized spacial score (nSPS) is 30.3. The second kappa shape index (κ2) is 3.22. The fourth-order valence-electron chi connectivity index (χ4n) is 3.43. The molecule has 0 spiro atoms. The van der Waals surface area contributed by atoms with E-state index < -0.39 is 0 Å². The molecule has 0 aromatic heterocycles. The van der Waals surface area contributed by atoms with Gasteiger partial charge in [-0.2, -0.15) is 0 Å². The van der Waals surface area contributed by atoms with Gasteiger partial charge in [-0.25, -0.2) is 0 Å². The second-order valence-corrected chi connectivity index (χ2v) is 6.75. The summed E-state index contributed by atoms with van der Waals surface area (Å²) in [4.78, 5) is 0. The van der Waals surface area contributed by atoms with Crippen molar-refractivity contribution in [2.24, 2.45) is 17.3 Å². The van der Waals surface area contributed by atoms with E-state index in [2.05, 4.69) is 54.6 Å². The van der Waals surface area contributed by atoms with Gasteiger partial charge >= 0.3 is 0 Å². The Kier molecular flexibility index (Phi) is 2.13. The molecule has 0 N–H and O–H groups in total. The van der Waals surface area contributed by atoms with E-state index in [1.165, 1.54) is 34.0 Å². The molecule has 84 valence electrons. The van der Waals surface area contributed by atoms with E-state index in [0.29, 0.717) is 11.3 Å². The first-order valence-corrected chi connectivity index (χ1v) is 6.77. The summed E-state index contributed by atoms with van der Waals surface area (Å²) in [7, 11) is 0. The molecule has 4 rings (SSSR count). The predicted molar refractivity (Wildman–Crippen MR) is 72.3 cm³/mol. The van der Waals surface area contributed by atoms with E-state index in [-0.39, 0.29) is 0 Å². The van der Waals surface area contributed by atoms with Crippen molar-refractivity contribution in [1.29, 1.82) is 0 Å². The highest BCUT2D eigenvalue weighted by Gasteiger charge is 2.51. The van der Waals surface area contributed by atoms with Gasteiger partial charge in [0.25, 0.3) is 0 Å². The highest BCUT2D eigenvalue weighted by Crippen LogP contribution is 2.60. The van der Waals surface area contributed by atoms with E-state index in [4.69, 9.17) is 0 Å². The molecule has 0 radical (unpaired) electrons. The Morgan fingerprint density at radius 2 is 2.12 bits per heavy atom. The molecule has 0 amide bonds.